The summed E-state index contributed by atoms with van der Waals surface area (Å²) < 4.78 is 5.95. The van der Waals surface area contributed by atoms with Crippen LogP contribution in [0.3, 0.4) is 0 Å². The van der Waals surface area contributed by atoms with Crippen LogP contribution < -0.4 is 10.1 Å². The van der Waals surface area contributed by atoms with E-state index in [-0.39, 0.29) is 11.9 Å². The molecule has 2 rings (SSSR count). The standard InChI is InChI=1S/C22H29NO2/c1-7-20(25-21-11-9-8-10-14(21)2)22(24)23-18(6)19-13-16(4)15(3)12-17(19)5/h8-13,18,20H,7H2,1-6H3,(H,23,24)/t18-,20+/m1/s1. The maximum atomic E-state index is 12.7. The summed E-state index contributed by atoms with van der Waals surface area (Å²) in [5.74, 6) is 0.690. The topological polar surface area (TPSA) is 38.3 Å². The fourth-order valence-corrected chi connectivity index (χ4v) is 3.00. The lowest BCUT2D eigenvalue weighted by Crippen LogP contribution is -2.39. The Kier molecular flexibility index (Phi) is 6.24. The van der Waals surface area contributed by atoms with Crippen LogP contribution in [-0.4, -0.2) is 12.0 Å². The van der Waals surface area contributed by atoms with Gasteiger partial charge in [-0.05, 0) is 74.9 Å². The minimum atomic E-state index is -0.490. The highest BCUT2D eigenvalue weighted by molar-refractivity contribution is 5.81. The number of para-hydroxylation sites is 1. The fraction of sp³-hybridized carbons (Fsp3) is 0.409. The van der Waals surface area contributed by atoms with Gasteiger partial charge in [0.2, 0.25) is 0 Å². The molecular weight excluding hydrogens is 310 g/mol. The second kappa shape index (κ2) is 8.19. The predicted molar refractivity (Wildman–Crippen MR) is 103 cm³/mol. The van der Waals surface area contributed by atoms with Crippen molar-refractivity contribution in [1.82, 2.24) is 5.32 Å². The lowest BCUT2D eigenvalue weighted by atomic mass is 9.96. The fourth-order valence-electron chi connectivity index (χ4n) is 3.00. The van der Waals surface area contributed by atoms with Crippen molar-refractivity contribution in [3.05, 3.63) is 64.2 Å². The Morgan fingerprint density at radius 3 is 2.28 bits per heavy atom. The number of rotatable bonds is 6. The van der Waals surface area contributed by atoms with Crippen LogP contribution >= 0.6 is 0 Å². The summed E-state index contributed by atoms with van der Waals surface area (Å²) in [7, 11) is 0. The molecule has 0 aromatic heterocycles. The number of ether oxygens (including phenoxy) is 1. The van der Waals surface area contributed by atoms with Gasteiger partial charge in [0.15, 0.2) is 6.10 Å². The minimum absolute atomic E-state index is 0.0543. The van der Waals surface area contributed by atoms with Crippen molar-refractivity contribution in [2.24, 2.45) is 0 Å². The summed E-state index contributed by atoms with van der Waals surface area (Å²) in [4.78, 5) is 12.7. The number of nitrogens with one attached hydrogen (secondary N) is 1. The van der Waals surface area contributed by atoms with Crippen molar-refractivity contribution in [1.29, 1.82) is 0 Å². The van der Waals surface area contributed by atoms with E-state index in [1.54, 1.807) is 0 Å². The van der Waals surface area contributed by atoms with E-state index < -0.39 is 6.10 Å². The van der Waals surface area contributed by atoms with E-state index in [4.69, 9.17) is 4.74 Å². The number of amides is 1. The molecule has 3 nitrogen and oxygen atoms in total. The lowest BCUT2D eigenvalue weighted by molar-refractivity contribution is -0.128. The third-order valence-electron chi connectivity index (χ3n) is 4.73. The Labute approximate surface area is 151 Å². The summed E-state index contributed by atoms with van der Waals surface area (Å²) in [6.07, 6.45) is 0.133. The molecule has 0 fully saturated rings. The average Bonchev–Trinajstić information content (AvgIpc) is 2.57. The zero-order valence-electron chi connectivity index (χ0n) is 16.1. The third kappa shape index (κ3) is 4.62. The molecule has 0 aliphatic rings. The first-order valence-electron chi connectivity index (χ1n) is 8.93. The molecule has 0 bridgehead atoms. The Hall–Kier alpha value is -2.29. The maximum Gasteiger partial charge on any atom is 0.261 e. The zero-order valence-corrected chi connectivity index (χ0v) is 16.1. The second-order valence-electron chi connectivity index (χ2n) is 6.80. The van der Waals surface area contributed by atoms with E-state index in [0.29, 0.717) is 6.42 Å². The van der Waals surface area contributed by atoms with E-state index in [9.17, 15) is 4.79 Å². The highest BCUT2D eigenvalue weighted by atomic mass is 16.5. The first kappa shape index (κ1) is 19.0. The van der Waals surface area contributed by atoms with E-state index in [1.165, 1.54) is 16.7 Å². The highest BCUT2D eigenvalue weighted by Gasteiger charge is 2.22. The first-order valence-corrected chi connectivity index (χ1v) is 8.93. The van der Waals surface area contributed by atoms with Crippen LogP contribution in [-0.2, 0) is 4.79 Å². The molecular formula is C22H29NO2. The molecule has 134 valence electrons. The molecule has 1 N–H and O–H groups in total. The van der Waals surface area contributed by atoms with Gasteiger partial charge in [0.1, 0.15) is 5.75 Å². The van der Waals surface area contributed by atoms with Crippen molar-refractivity contribution in [3.63, 3.8) is 0 Å². The Balaban J connectivity index is 2.11. The number of aryl methyl sites for hydroxylation is 4. The summed E-state index contributed by atoms with van der Waals surface area (Å²) in [6.45, 7) is 12.3. The van der Waals surface area contributed by atoms with Crippen molar-refractivity contribution in [2.75, 3.05) is 0 Å². The number of benzene rings is 2. The van der Waals surface area contributed by atoms with Crippen LogP contribution in [0.4, 0.5) is 0 Å². The summed E-state index contributed by atoms with van der Waals surface area (Å²) in [5.41, 5.74) is 5.90. The molecule has 3 heteroatoms. The molecule has 2 aromatic carbocycles. The van der Waals surface area contributed by atoms with Crippen LogP contribution in [0, 0.1) is 27.7 Å². The molecule has 25 heavy (non-hydrogen) atoms. The van der Waals surface area contributed by atoms with Gasteiger partial charge in [-0.25, -0.2) is 0 Å². The SMILES string of the molecule is CC[C@H](Oc1ccccc1C)C(=O)N[C@H](C)c1cc(C)c(C)cc1C. The van der Waals surface area contributed by atoms with Crippen LogP contribution in [0.5, 0.6) is 5.75 Å². The van der Waals surface area contributed by atoms with E-state index in [0.717, 1.165) is 16.9 Å². The van der Waals surface area contributed by atoms with Gasteiger partial charge in [0, 0.05) is 0 Å². The summed E-state index contributed by atoms with van der Waals surface area (Å²) in [6, 6.07) is 12.1. The van der Waals surface area contributed by atoms with Crippen LogP contribution in [0.1, 0.15) is 54.1 Å². The Bertz CT molecular complexity index is 752. The van der Waals surface area contributed by atoms with E-state index in [1.807, 2.05) is 45.0 Å². The minimum Gasteiger partial charge on any atom is -0.480 e. The number of hydrogen-bond acceptors (Lipinski definition) is 2. The molecule has 0 saturated heterocycles. The summed E-state index contributed by atoms with van der Waals surface area (Å²) in [5, 5.41) is 3.11. The van der Waals surface area contributed by atoms with Crippen molar-refractivity contribution < 1.29 is 9.53 Å². The molecule has 2 aromatic rings. The van der Waals surface area contributed by atoms with Gasteiger partial charge < -0.3 is 10.1 Å². The third-order valence-corrected chi connectivity index (χ3v) is 4.73. The number of carbonyl (C=O) groups is 1. The Morgan fingerprint density at radius 2 is 1.64 bits per heavy atom. The number of hydrogen-bond donors (Lipinski definition) is 1. The monoisotopic (exact) mass is 339 g/mol. The second-order valence-corrected chi connectivity index (χ2v) is 6.80. The van der Waals surface area contributed by atoms with Gasteiger partial charge in [-0.2, -0.15) is 0 Å². The van der Waals surface area contributed by atoms with Crippen molar-refractivity contribution in [3.8, 4) is 5.75 Å². The lowest BCUT2D eigenvalue weighted by Gasteiger charge is -2.23. The van der Waals surface area contributed by atoms with Crippen molar-refractivity contribution in [2.45, 2.75) is 60.1 Å². The zero-order chi connectivity index (χ0) is 18.6. The van der Waals surface area contributed by atoms with Gasteiger partial charge in [0.25, 0.3) is 5.91 Å². The van der Waals surface area contributed by atoms with Gasteiger partial charge in [-0.3, -0.25) is 4.79 Å². The Morgan fingerprint density at radius 1 is 1.00 bits per heavy atom. The van der Waals surface area contributed by atoms with Crippen molar-refractivity contribution >= 4 is 5.91 Å². The molecule has 1 amide bonds. The molecule has 0 spiro atoms. The normalized spacial score (nSPS) is 13.2. The van der Waals surface area contributed by atoms with Gasteiger partial charge >= 0.3 is 0 Å². The largest absolute Gasteiger partial charge is 0.480 e. The van der Waals surface area contributed by atoms with Crippen LogP contribution in [0.25, 0.3) is 0 Å². The molecule has 2 atom stereocenters. The van der Waals surface area contributed by atoms with E-state index >= 15 is 0 Å². The van der Waals surface area contributed by atoms with Crippen LogP contribution in [0.2, 0.25) is 0 Å². The number of carbonyl (C=O) groups excluding carboxylic acids is 1. The van der Waals surface area contributed by atoms with Crippen LogP contribution in [0.15, 0.2) is 36.4 Å². The molecule has 0 saturated carbocycles. The molecule has 0 unspecified atom stereocenters. The maximum absolute atomic E-state index is 12.7. The van der Waals surface area contributed by atoms with Gasteiger partial charge in [0.05, 0.1) is 6.04 Å². The molecule has 0 aliphatic carbocycles. The molecule has 0 heterocycles. The summed E-state index contributed by atoms with van der Waals surface area (Å²) >= 11 is 0. The first-order chi connectivity index (χ1) is 11.8. The molecule has 0 aliphatic heterocycles. The van der Waals surface area contributed by atoms with E-state index in [2.05, 4.69) is 38.2 Å². The smallest absolute Gasteiger partial charge is 0.261 e. The van der Waals surface area contributed by atoms with Gasteiger partial charge in [-0.15, -0.1) is 0 Å². The average molecular weight is 339 g/mol. The predicted octanol–water partition coefficient (Wildman–Crippen LogP) is 4.96. The van der Waals surface area contributed by atoms with Gasteiger partial charge in [-0.1, -0.05) is 37.3 Å². The quantitative estimate of drug-likeness (QED) is 0.808. The molecule has 0 radical (unpaired) electrons. The highest BCUT2D eigenvalue weighted by Crippen LogP contribution is 2.23.